The van der Waals surface area contributed by atoms with Crippen LogP contribution in [0.4, 0.5) is 0 Å². The van der Waals surface area contributed by atoms with Gasteiger partial charge in [0.1, 0.15) is 0 Å². The van der Waals surface area contributed by atoms with Crippen molar-refractivity contribution >= 4 is 11.3 Å². The maximum Gasteiger partial charge on any atom is 0.307 e. The second-order valence-corrected chi connectivity index (χ2v) is 5.05. The molecule has 1 atom stereocenters. The van der Waals surface area contributed by atoms with Gasteiger partial charge in [-0.2, -0.15) is 0 Å². The fraction of sp³-hybridized carbons (Fsp3) is 0.727. The molecule has 0 spiro atoms. The molecule has 0 radical (unpaired) electrons. The number of rotatable bonds is 4. The molecule has 1 saturated heterocycles. The molecule has 15 heavy (non-hydrogen) atoms. The van der Waals surface area contributed by atoms with Crippen molar-refractivity contribution in [3.8, 4) is 0 Å². The maximum atomic E-state index is 11.4. The number of hydrogen-bond acceptors (Lipinski definition) is 3. The summed E-state index contributed by atoms with van der Waals surface area (Å²) in [6.45, 7) is 4.06. The van der Waals surface area contributed by atoms with Crippen LogP contribution in [0.3, 0.4) is 0 Å². The average molecular weight is 226 g/mol. The van der Waals surface area contributed by atoms with Crippen LogP contribution < -0.4 is 10.2 Å². The summed E-state index contributed by atoms with van der Waals surface area (Å²) in [5, 5.41) is 5.42. The van der Waals surface area contributed by atoms with Gasteiger partial charge in [0.25, 0.3) is 0 Å². The molecule has 1 aromatic rings. The molecule has 1 unspecified atom stereocenters. The van der Waals surface area contributed by atoms with Crippen LogP contribution in [0.1, 0.15) is 31.4 Å². The second-order valence-electron chi connectivity index (χ2n) is 4.23. The van der Waals surface area contributed by atoms with Crippen molar-refractivity contribution in [3.05, 3.63) is 20.7 Å². The van der Waals surface area contributed by atoms with Crippen molar-refractivity contribution in [2.75, 3.05) is 6.54 Å². The number of thiazole rings is 1. The quantitative estimate of drug-likeness (QED) is 0.848. The van der Waals surface area contributed by atoms with Crippen LogP contribution in [0, 0.1) is 6.92 Å². The minimum absolute atomic E-state index is 0.187. The SMILES string of the molecule is Cc1csc(=O)n1CCCC1CCCN1. The third-order valence-electron chi connectivity index (χ3n) is 3.07. The Morgan fingerprint density at radius 1 is 1.67 bits per heavy atom. The summed E-state index contributed by atoms with van der Waals surface area (Å²) >= 11 is 1.31. The Morgan fingerprint density at radius 3 is 3.13 bits per heavy atom. The van der Waals surface area contributed by atoms with E-state index in [1.807, 2.05) is 16.9 Å². The highest BCUT2D eigenvalue weighted by Crippen LogP contribution is 2.11. The van der Waals surface area contributed by atoms with Crippen molar-refractivity contribution in [3.63, 3.8) is 0 Å². The average Bonchev–Trinajstić information content (AvgIpc) is 2.82. The van der Waals surface area contributed by atoms with Gasteiger partial charge in [-0.05, 0) is 39.2 Å². The number of nitrogens with zero attached hydrogens (tertiary/aromatic N) is 1. The molecule has 1 aliphatic heterocycles. The standard InChI is InChI=1S/C11H18N2OS/c1-9-8-15-11(14)13(9)7-3-5-10-4-2-6-12-10/h8,10,12H,2-7H2,1H3. The molecule has 84 valence electrons. The smallest absolute Gasteiger partial charge is 0.307 e. The van der Waals surface area contributed by atoms with Gasteiger partial charge in [-0.25, -0.2) is 0 Å². The normalized spacial score (nSPS) is 21.0. The Balaban J connectivity index is 1.80. The lowest BCUT2D eigenvalue weighted by atomic mass is 10.1. The number of aromatic nitrogens is 1. The predicted octanol–water partition coefficient (Wildman–Crippen LogP) is 1.75. The highest BCUT2D eigenvalue weighted by molar-refractivity contribution is 7.07. The van der Waals surface area contributed by atoms with Crippen LogP contribution in [0.2, 0.25) is 0 Å². The van der Waals surface area contributed by atoms with Gasteiger partial charge in [-0.1, -0.05) is 11.3 Å². The molecule has 1 aromatic heterocycles. The molecular formula is C11H18N2OS. The molecule has 2 heterocycles. The molecule has 3 nitrogen and oxygen atoms in total. The van der Waals surface area contributed by atoms with E-state index >= 15 is 0 Å². The molecule has 0 bridgehead atoms. The zero-order valence-corrected chi connectivity index (χ0v) is 9.98. The molecule has 2 rings (SSSR count). The van der Waals surface area contributed by atoms with E-state index in [2.05, 4.69) is 5.32 Å². The Labute approximate surface area is 94.1 Å². The minimum Gasteiger partial charge on any atom is -0.314 e. The van der Waals surface area contributed by atoms with Crippen LogP contribution in [-0.4, -0.2) is 17.2 Å². The van der Waals surface area contributed by atoms with E-state index in [1.54, 1.807) is 0 Å². The Morgan fingerprint density at radius 2 is 2.53 bits per heavy atom. The lowest BCUT2D eigenvalue weighted by Crippen LogP contribution is -2.22. The van der Waals surface area contributed by atoms with Crippen molar-refractivity contribution in [1.82, 2.24) is 9.88 Å². The van der Waals surface area contributed by atoms with E-state index in [9.17, 15) is 4.79 Å². The first-order valence-corrected chi connectivity index (χ1v) is 6.53. The van der Waals surface area contributed by atoms with E-state index in [-0.39, 0.29) is 4.87 Å². The highest BCUT2D eigenvalue weighted by atomic mass is 32.1. The molecule has 0 aliphatic carbocycles. The van der Waals surface area contributed by atoms with Crippen LogP contribution >= 0.6 is 11.3 Å². The van der Waals surface area contributed by atoms with E-state index < -0.39 is 0 Å². The van der Waals surface area contributed by atoms with Gasteiger partial charge in [-0.15, -0.1) is 0 Å². The molecular weight excluding hydrogens is 208 g/mol. The summed E-state index contributed by atoms with van der Waals surface area (Å²) in [4.78, 5) is 11.6. The zero-order chi connectivity index (χ0) is 10.7. The second kappa shape index (κ2) is 4.94. The lowest BCUT2D eigenvalue weighted by molar-refractivity contribution is 0.497. The molecule has 1 aliphatic rings. The summed E-state index contributed by atoms with van der Waals surface area (Å²) in [5.41, 5.74) is 1.10. The van der Waals surface area contributed by atoms with Gasteiger partial charge in [0.05, 0.1) is 0 Å². The maximum absolute atomic E-state index is 11.4. The van der Waals surface area contributed by atoms with Crippen molar-refractivity contribution in [1.29, 1.82) is 0 Å². The highest BCUT2D eigenvalue weighted by Gasteiger charge is 2.13. The first-order chi connectivity index (χ1) is 7.27. The summed E-state index contributed by atoms with van der Waals surface area (Å²) < 4.78 is 1.89. The Kier molecular flexibility index (Phi) is 3.59. The van der Waals surface area contributed by atoms with Gasteiger partial charge in [0.15, 0.2) is 0 Å². The number of nitrogens with one attached hydrogen (secondary N) is 1. The third kappa shape index (κ3) is 2.69. The van der Waals surface area contributed by atoms with E-state index in [0.29, 0.717) is 6.04 Å². The Hall–Kier alpha value is -0.610. The van der Waals surface area contributed by atoms with Gasteiger partial charge in [-0.3, -0.25) is 4.79 Å². The summed E-state index contributed by atoms with van der Waals surface area (Å²) in [6, 6.07) is 0.694. The lowest BCUT2D eigenvalue weighted by Gasteiger charge is -2.10. The number of aryl methyl sites for hydroxylation is 1. The van der Waals surface area contributed by atoms with Gasteiger partial charge in [0, 0.05) is 23.7 Å². The predicted molar refractivity (Wildman–Crippen MR) is 63.6 cm³/mol. The van der Waals surface area contributed by atoms with Gasteiger partial charge in [0.2, 0.25) is 0 Å². The topological polar surface area (TPSA) is 34.0 Å². The van der Waals surface area contributed by atoms with Crippen LogP contribution in [0.5, 0.6) is 0 Å². The fourth-order valence-electron chi connectivity index (χ4n) is 2.17. The monoisotopic (exact) mass is 226 g/mol. The largest absolute Gasteiger partial charge is 0.314 e. The summed E-state index contributed by atoms with van der Waals surface area (Å²) in [7, 11) is 0. The minimum atomic E-state index is 0.187. The van der Waals surface area contributed by atoms with Crippen molar-refractivity contribution < 1.29 is 0 Å². The molecule has 4 heteroatoms. The Bertz CT molecular complexity index is 363. The summed E-state index contributed by atoms with van der Waals surface area (Å²) in [5.74, 6) is 0. The first-order valence-electron chi connectivity index (χ1n) is 5.65. The van der Waals surface area contributed by atoms with Gasteiger partial charge >= 0.3 is 4.87 Å². The van der Waals surface area contributed by atoms with Crippen LogP contribution in [0.25, 0.3) is 0 Å². The van der Waals surface area contributed by atoms with E-state index in [0.717, 1.165) is 18.7 Å². The van der Waals surface area contributed by atoms with Gasteiger partial charge < -0.3 is 9.88 Å². The van der Waals surface area contributed by atoms with E-state index in [1.165, 1.54) is 37.1 Å². The molecule has 0 aromatic carbocycles. The first kappa shape index (κ1) is 10.9. The molecule has 0 amide bonds. The molecule has 1 N–H and O–H groups in total. The van der Waals surface area contributed by atoms with E-state index in [4.69, 9.17) is 0 Å². The molecule has 0 saturated carbocycles. The zero-order valence-electron chi connectivity index (χ0n) is 9.16. The van der Waals surface area contributed by atoms with Crippen molar-refractivity contribution in [2.24, 2.45) is 0 Å². The van der Waals surface area contributed by atoms with Crippen LogP contribution in [-0.2, 0) is 6.54 Å². The fourth-order valence-corrected chi connectivity index (χ4v) is 2.93. The third-order valence-corrected chi connectivity index (χ3v) is 3.95. The number of hydrogen-bond donors (Lipinski definition) is 1. The summed E-state index contributed by atoms with van der Waals surface area (Å²) in [6.07, 6.45) is 4.91. The van der Waals surface area contributed by atoms with Crippen molar-refractivity contribution in [2.45, 2.75) is 45.2 Å². The van der Waals surface area contributed by atoms with Crippen LogP contribution in [0.15, 0.2) is 10.2 Å². The molecule has 1 fully saturated rings.